The number of carbonyl (C=O) groups excluding carboxylic acids is 2. The van der Waals surface area contributed by atoms with Crippen LogP contribution in [0.4, 0.5) is 5.69 Å². The third-order valence-electron chi connectivity index (χ3n) is 2.43. The van der Waals surface area contributed by atoms with Crippen LogP contribution < -0.4 is 16.0 Å². The molecular formula is C13H19N3O3. The minimum absolute atomic E-state index is 0.123. The summed E-state index contributed by atoms with van der Waals surface area (Å²) < 4.78 is 4.83. The Morgan fingerprint density at radius 1 is 1.32 bits per heavy atom. The van der Waals surface area contributed by atoms with Crippen LogP contribution in [0.25, 0.3) is 0 Å². The second kappa shape index (κ2) is 8.10. The maximum atomic E-state index is 11.5. The topological polar surface area (TPSA) is 79.5 Å². The summed E-state index contributed by atoms with van der Waals surface area (Å²) in [5, 5.41) is 8.20. The van der Waals surface area contributed by atoms with Crippen molar-refractivity contribution in [3.63, 3.8) is 0 Å². The van der Waals surface area contributed by atoms with Gasteiger partial charge in [0.2, 0.25) is 5.91 Å². The Labute approximate surface area is 112 Å². The molecule has 0 aromatic heterocycles. The number of anilines is 1. The van der Waals surface area contributed by atoms with Crippen LogP contribution in [0.2, 0.25) is 0 Å². The maximum absolute atomic E-state index is 11.5. The lowest BCUT2D eigenvalue weighted by Crippen LogP contribution is -2.32. The highest BCUT2D eigenvalue weighted by atomic mass is 16.5. The summed E-state index contributed by atoms with van der Waals surface area (Å²) >= 11 is 0. The molecule has 0 heterocycles. The molecular weight excluding hydrogens is 246 g/mol. The Hall–Kier alpha value is -2.08. The molecule has 1 aromatic carbocycles. The molecule has 0 saturated heterocycles. The number of nitrogens with one attached hydrogen (secondary N) is 3. The number of ether oxygens (including phenoxy) is 1. The van der Waals surface area contributed by atoms with E-state index in [1.807, 2.05) is 0 Å². The van der Waals surface area contributed by atoms with E-state index in [1.54, 1.807) is 38.4 Å². The largest absolute Gasteiger partial charge is 0.383 e. The van der Waals surface area contributed by atoms with Crippen molar-refractivity contribution in [3.8, 4) is 0 Å². The lowest BCUT2D eigenvalue weighted by atomic mass is 10.2. The van der Waals surface area contributed by atoms with Gasteiger partial charge in [-0.1, -0.05) is 6.07 Å². The highest BCUT2D eigenvalue weighted by Gasteiger charge is 2.04. The molecule has 6 heteroatoms. The summed E-state index contributed by atoms with van der Waals surface area (Å²) in [5.74, 6) is -0.282. The minimum atomic E-state index is -0.159. The number of amides is 2. The van der Waals surface area contributed by atoms with Crippen molar-refractivity contribution in [2.75, 3.05) is 39.2 Å². The van der Waals surface area contributed by atoms with Gasteiger partial charge in [-0.15, -0.1) is 0 Å². The quantitative estimate of drug-likeness (QED) is 0.616. The minimum Gasteiger partial charge on any atom is -0.383 e. The van der Waals surface area contributed by atoms with Gasteiger partial charge in [0, 0.05) is 32.0 Å². The van der Waals surface area contributed by atoms with Gasteiger partial charge in [-0.2, -0.15) is 0 Å². The lowest BCUT2D eigenvalue weighted by molar-refractivity contribution is -0.119. The van der Waals surface area contributed by atoms with E-state index in [-0.39, 0.29) is 18.4 Å². The van der Waals surface area contributed by atoms with Crippen LogP contribution in [0.1, 0.15) is 10.4 Å². The molecule has 6 nitrogen and oxygen atoms in total. The van der Waals surface area contributed by atoms with E-state index in [0.717, 1.165) is 5.69 Å². The van der Waals surface area contributed by atoms with Crippen molar-refractivity contribution in [1.82, 2.24) is 10.6 Å². The van der Waals surface area contributed by atoms with Crippen LogP contribution in [0, 0.1) is 0 Å². The summed E-state index contributed by atoms with van der Waals surface area (Å²) in [7, 11) is 3.15. The third kappa shape index (κ3) is 5.39. The summed E-state index contributed by atoms with van der Waals surface area (Å²) in [6.07, 6.45) is 0. The SMILES string of the molecule is CNC(=O)c1cccc(NCC(=O)NCCOC)c1. The second-order valence-corrected chi connectivity index (χ2v) is 3.86. The van der Waals surface area contributed by atoms with Crippen LogP contribution in [-0.4, -0.2) is 45.7 Å². The highest BCUT2D eigenvalue weighted by molar-refractivity contribution is 5.95. The zero-order valence-electron chi connectivity index (χ0n) is 11.2. The normalized spacial score (nSPS) is 9.79. The molecule has 0 atom stereocenters. The van der Waals surface area contributed by atoms with E-state index >= 15 is 0 Å². The van der Waals surface area contributed by atoms with Crippen LogP contribution in [0.5, 0.6) is 0 Å². The summed E-state index contributed by atoms with van der Waals surface area (Å²) in [4.78, 5) is 22.9. The average molecular weight is 265 g/mol. The van der Waals surface area contributed by atoms with Crippen molar-refractivity contribution in [2.24, 2.45) is 0 Å². The maximum Gasteiger partial charge on any atom is 0.251 e. The predicted octanol–water partition coefficient (Wildman–Crippen LogP) is 0.221. The molecule has 1 aromatic rings. The van der Waals surface area contributed by atoms with Gasteiger partial charge in [0.15, 0.2) is 0 Å². The number of hydrogen-bond acceptors (Lipinski definition) is 4. The molecule has 0 unspecified atom stereocenters. The molecule has 0 saturated carbocycles. The Bertz CT molecular complexity index is 435. The molecule has 0 aliphatic rings. The number of hydrogen-bond donors (Lipinski definition) is 3. The van der Waals surface area contributed by atoms with Gasteiger partial charge in [-0.3, -0.25) is 9.59 Å². The third-order valence-corrected chi connectivity index (χ3v) is 2.43. The van der Waals surface area contributed by atoms with Gasteiger partial charge >= 0.3 is 0 Å². The number of rotatable bonds is 7. The van der Waals surface area contributed by atoms with Gasteiger partial charge in [-0.05, 0) is 18.2 Å². The molecule has 2 amide bonds. The molecule has 3 N–H and O–H groups in total. The highest BCUT2D eigenvalue weighted by Crippen LogP contribution is 2.09. The average Bonchev–Trinajstić information content (AvgIpc) is 2.45. The van der Waals surface area contributed by atoms with Gasteiger partial charge in [0.1, 0.15) is 0 Å². The summed E-state index contributed by atoms with van der Waals surface area (Å²) in [5.41, 5.74) is 1.27. The molecule has 19 heavy (non-hydrogen) atoms. The Morgan fingerprint density at radius 2 is 2.11 bits per heavy atom. The molecule has 0 aliphatic heterocycles. The zero-order chi connectivity index (χ0) is 14.1. The molecule has 1 rings (SSSR count). The van der Waals surface area contributed by atoms with Crippen molar-refractivity contribution in [1.29, 1.82) is 0 Å². The Balaban J connectivity index is 2.44. The smallest absolute Gasteiger partial charge is 0.251 e. The van der Waals surface area contributed by atoms with Crippen LogP contribution in [0.3, 0.4) is 0 Å². The van der Waals surface area contributed by atoms with E-state index < -0.39 is 0 Å². The summed E-state index contributed by atoms with van der Waals surface area (Å²) in [6.45, 7) is 1.12. The van der Waals surface area contributed by atoms with E-state index in [9.17, 15) is 9.59 Å². The molecule has 104 valence electrons. The van der Waals surface area contributed by atoms with Gasteiger partial charge < -0.3 is 20.7 Å². The lowest BCUT2D eigenvalue weighted by Gasteiger charge is -2.08. The monoisotopic (exact) mass is 265 g/mol. The molecule has 0 spiro atoms. The first-order valence-electron chi connectivity index (χ1n) is 5.99. The first kappa shape index (κ1) is 15.0. The van der Waals surface area contributed by atoms with E-state index in [1.165, 1.54) is 0 Å². The predicted molar refractivity (Wildman–Crippen MR) is 73.2 cm³/mol. The number of carbonyl (C=O) groups is 2. The first-order chi connectivity index (χ1) is 9.17. The summed E-state index contributed by atoms with van der Waals surface area (Å²) in [6, 6.07) is 6.97. The van der Waals surface area contributed by atoms with Crippen molar-refractivity contribution in [2.45, 2.75) is 0 Å². The molecule has 0 bridgehead atoms. The van der Waals surface area contributed by atoms with E-state index in [2.05, 4.69) is 16.0 Å². The van der Waals surface area contributed by atoms with E-state index in [4.69, 9.17) is 4.74 Å². The number of methoxy groups -OCH3 is 1. The fourth-order valence-corrected chi connectivity index (χ4v) is 1.45. The molecule has 0 fully saturated rings. The van der Waals surface area contributed by atoms with Gasteiger partial charge in [0.05, 0.1) is 13.2 Å². The number of benzene rings is 1. The molecule has 0 aliphatic carbocycles. The van der Waals surface area contributed by atoms with Crippen LogP contribution in [0.15, 0.2) is 24.3 Å². The van der Waals surface area contributed by atoms with Crippen molar-refractivity contribution >= 4 is 17.5 Å². The Morgan fingerprint density at radius 3 is 2.79 bits per heavy atom. The van der Waals surface area contributed by atoms with Gasteiger partial charge in [-0.25, -0.2) is 0 Å². The van der Waals surface area contributed by atoms with E-state index in [0.29, 0.717) is 18.7 Å². The standard InChI is InChI=1S/C13H19N3O3/c1-14-13(18)10-4-3-5-11(8-10)16-9-12(17)15-6-7-19-2/h3-5,8,16H,6-7,9H2,1-2H3,(H,14,18)(H,15,17). The van der Waals surface area contributed by atoms with Gasteiger partial charge in [0.25, 0.3) is 5.91 Å². The van der Waals surface area contributed by atoms with Crippen LogP contribution in [-0.2, 0) is 9.53 Å². The van der Waals surface area contributed by atoms with Crippen LogP contribution >= 0.6 is 0 Å². The second-order valence-electron chi connectivity index (χ2n) is 3.86. The first-order valence-corrected chi connectivity index (χ1v) is 5.99. The molecule has 0 radical (unpaired) electrons. The zero-order valence-corrected chi connectivity index (χ0v) is 11.2. The van der Waals surface area contributed by atoms with Crippen molar-refractivity contribution < 1.29 is 14.3 Å². The van der Waals surface area contributed by atoms with Crippen molar-refractivity contribution in [3.05, 3.63) is 29.8 Å². The fourth-order valence-electron chi connectivity index (χ4n) is 1.45. The fraction of sp³-hybridized carbons (Fsp3) is 0.385. The Kier molecular flexibility index (Phi) is 6.38.